The van der Waals surface area contributed by atoms with Crippen LogP contribution in [0.1, 0.15) is 16.7 Å². The number of halogens is 4. The van der Waals surface area contributed by atoms with Crippen LogP contribution in [0.2, 0.25) is 5.02 Å². The summed E-state index contributed by atoms with van der Waals surface area (Å²) in [5.74, 6) is -0.597. The molecule has 3 rings (SSSR count). The van der Waals surface area contributed by atoms with Crippen molar-refractivity contribution in [3.05, 3.63) is 64.2 Å². The van der Waals surface area contributed by atoms with Crippen molar-refractivity contribution in [1.82, 2.24) is 9.62 Å². The fourth-order valence-corrected chi connectivity index (χ4v) is 5.15. The third kappa shape index (κ3) is 3.74. The van der Waals surface area contributed by atoms with Crippen molar-refractivity contribution in [3.63, 3.8) is 0 Å². The molecular weight excluding hydrogens is 417 g/mol. The molecule has 150 valence electrons. The van der Waals surface area contributed by atoms with Crippen LogP contribution in [0.3, 0.4) is 0 Å². The average Bonchev–Trinajstić information content (AvgIpc) is 2.65. The van der Waals surface area contributed by atoms with E-state index in [4.69, 9.17) is 11.6 Å². The lowest BCUT2D eigenvalue weighted by Gasteiger charge is -2.35. The number of carbonyl (C=O) groups excluding carboxylic acids is 1. The summed E-state index contributed by atoms with van der Waals surface area (Å²) in [6.07, 6.45) is -4.87. The highest BCUT2D eigenvalue weighted by Gasteiger charge is 2.44. The highest BCUT2D eigenvalue weighted by molar-refractivity contribution is 7.89. The quantitative estimate of drug-likeness (QED) is 0.809. The number of nitrogens with zero attached hydrogens (tertiary/aromatic N) is 1. The van der Waals surface area contributed by atoms with Crippen LogP contribution in [0.5, 0.6) is 0 Å². The first-order chi connectivity index (χ1) is 13.1. The second kappa shape index (κ2) is 7.38. The lowest BCUT2D eigenvalue weighted by molar-refractivity contribution is -0.139. The van der Waals surface area contributed by atoms with Gasteiger partial charge in [0.1, 0.15) is 6.04 Å². The lowest BCUT2D eigenvalue weighted by atomic mass is 9.95. The van der Waals surface area contributed by atoms with E-state index < -0.39 is 38.6 Å². The molecule has 1 atom stereocenters. The number of amides is 1. The molecule has 0 saturated heterocycles. The summed E-state index contributed by atoms with van der Waals surface area (Å²) in [4.78, 5) is 11.4. The first-order valence-corrected chi connectivity index (χ1v) is 10.0. The van der Waals surface area contributed by atoms with Gasteiger partial charge in [0.05, 0.1) is 10.5 Å². The molecule has 0 radical (unpaired) electrons. The summed E-state index contributed by atoms with van der Waals surface area (Å²) < 4.78 is 67.6. The minimum Gasteiger partial charge on any atom is -0.358 e. The predicted molar refractivity (Wildman–Crippen MR) is 97.2 cm³/mol. The number of fused-ring (bicyclic) bond motifs is 1. The fraction of sp³-hybridized carbons (Fsp3) is 0.278. The maximum absolute atomic E-state index is 13.5. The normalized spacial score (nSPS) is 17.8. The second-order valence-corrected chi connectivity index (χ2v) is 8.59. The van der Waals surface area contributed by atoms with Gasteiger partial charge in [0.2, 0.25) is 15.9 Å². The number of rotatable bonds is 3. The molecule has 0 spiro atoms. The minimum atomic E-state index is -4.93. The number of hydrogen-bond acceptors (Lipinski definition) is 3. The van der Waals surface area contributed by atoms with Gasteiger partial charge in [0, 0.05) is 18.6 Å². The van der Waals surface area contributed by atoms with Crippen molar-refractivity contribution >= 4 is 27.5 Å². The largest absolute Gasteiger partial charge is 0.417 e. The molecule has 5 nitrogen and oxygen atoms in total. The number of carbonyl (C=O) groups is 1. The van der Waals surface area contributed by atoms with Crippen molar-refractivity contribution in [2.24, 2.45) is 0 Å². The lowest BCUT2D eigenvalue weighted by Crippen LogP contribution is -2.52. The van der Waals surface area contributed by atoms with Gasteiger partial charge in [-0.25, -0.2) is 8.42 Å². The zero-order valence-corrected chi connectivity index (χ0v) is 16.2. The van der Waals surface area contributed by atoms with E-state index in [9.17, 15) is 26.4 Å². The van der Waals surface area contributed by atoms with Gasteiger partial charge in [-0.3, -0.25) is 4.79 Å². The molecule has 1 aliphatic rings. The molecule has 1 N–H and O–H groups in total. The maximum atomic E-state index is 13.5. The van der Waals surface area contributed by atoms with Crippen LogP contribution in [0, 0.1) is 0 Å². The van der Waals surface area contributed by atoms with Crippen molar-refractivity contribution in [2.75, 3.05) is 7.05 Å². The number of likely N-dealkylation sites (N-methyl/N-ethyl adjacent to an activating group) is 1. The number of alkyl halides is 3. The Morgan fingerprint density at radius 2 is 1.82 bits per heavy atom. The molecule has 0 aromatic heterocycles. The molecular formula is C18H16ClF3N2O3S. The van der Waals surface area contributed by atoms with E-state index in [1.165, 1.54) is 7.05 Å². The Labute approximate surface area is 165 Å². The summed E-state index contributed by atoms with van der Waals surface area (Å²) in [5, 5.41) is 2.15. The third-order valence-corrected chi connectivity index (χ3v) is 6.74. The van der Waals surface area contributed by atoms with E-state index in [-0.39, 0.29) is 18.0 Å². The summed E-state index contributed by atoms with van der Waals surface area (Å²) in [6.45, 7) is -0.212. The summed E-state index contributed by atoms with van der Waals surface area (Å²) in [6, 6.07) is 8.21. The highest BCUT2D eigenvalue weighted by atomic mass is 35.5. The van der Waals surface area contributed by atoms with E-state index in [2.05, 4.69) is 5.32 Å². The molecule has 0 fully saturated rings. The Bertz CT molecular complexity index is 1020. The fourth-order valence-electron chi connectivity index (χ4n) is 3.22. The van der Waals surface area contributed by atoms with E-state index in [0.29, 0.717) is 11.6 Å². The van der Waals surface area contributed by atoms with Gasteiger partial charge < -0.3 is 5.32 Å². The molecule has 2 aromatic rings. The number of benzene rings is 2. The standard InChI is InChI=1S/C18H16ClF3N2O3S/c1-23-17(25)15-8-11-4-2-3-5-12(11)10-24(15)28(26,27)16-7-6-13(19)9-14(16)18(20,21)22/h2-7,9,15H,8,10H2,1H3,(H,23,25). The summed E-state index contributed by atoms with van der Waals surface area (Å²) in [5.41, 5.74) is 0.0398. The van der Waals surface area contributed by atoms with Gasteiger partial charge >= 0.3 is 6.18 Å². The van der Waals surface area contributed by atoms with Crippen LogP contribution in [0.15, 0.2) is 47.4 Å². The Balaban J connectivity index is 2.16. The molecule has 0 saturated carbocycles. The van der Waals surface area contributed by atoms with Crippen LogP contribution >= 0.6 is 11.6 Å². The number of hydrogen-bond donors (Lipinski definition) is 1. The average molecular weight is 433 g/mol. The van der Waals surface area contributed by atoms with Gasteiger partial charge in [0.15, 0.2) is 0 Å². The molecule has 1 aliphatic heterocycles. The summed E-state index contributed by atoms with van der Waals surface area (Å²) in [7, 11) is -3.30. The van der Waals surface area contributed by atoms with Crippen LogP contribution in [-0.4, -0.2) is 31.7 Å². The topological polar surface area (TPSA) is 66.5 Å². The zero-order chi connectivity index (χ0) is 20.7. The Morgan fingerprint density at radius 3 is 2.43 bits per heavy atom. The van der Waals surface area contributed by atoms with E-state index in [1.807, 2.05) is 0 Å². The zero-order valence-electron chi connectivity index (χ0n) is 14.6. The minimum absolute atomic E-state index is 0.0595. The van der Waals surface area contributed by atoms with Gasteiger partial charge in [-0.2, -0.15) is 17.5 Å². The first kappa shape index (κ1) is 20.6. The Hall–Kier alpha value is -2.10. The van der Waals surface area contributed by atoms with Crippen molar-refractivity contribution in [2.45, 2.75) is 30.1 Å². The smallest absolute Gasteiger partial charge is 0.358 e. The molecule has 10 heteroatoms. The molecule has 1 amide bonds. The van der Waals surface area contributed by atoms with Gasteiger partial charge in [-0.05, 0) is 35.7 Å². The Kier molecular flexibility index (Phi) is 5.44. The third-order valence-electron chi connectivity index (χ3n) is 4.59. The monoisotopic (exact) mass is 432 g/mol. The van der Waals surface area contributed by atoms with Crippen molar-refractivity contribution in [1.29, 1.82) is 0 Å². The molecule has 1 unspecified atom stereocenters. The van der Waals surface area contributed by atoms with Gasteiger partial charge in [-0.1, -0.05) is 35.9 Å². The summed E-state index contributed by atoms with van der Waals surface area (Å²) >= 11 is 5.65. The molecule has 0 bridgehead atoms. The van der Waals surface area contributed by atoms with Gasteiger partial charge in [0.25, 0.3) is 0 Å². The highest BCUT2D eigenvalue weighted by Crippen LogP contribution is 2.38. The van der Waals surface area contributed by atoms with E-state index in [1.54, 1.807) is 24.3 Å². The van der Waals surface area contributed by atoms with Crippen LogP contribution in [-0.2, 0) is 34.0 Å². The van der Waals surface area contributed by atoms with Crippen LogP contribution in [0.4, 0.5) is 13.2 Å². The van der Waals surface area contributed by atoms with E-state index in [0.717, 1.165) is 22.0 Å². The van der Waals surface area contributed by atoms with Gasteiger partial charge in [-0.15, -0.1) is 0 Å². The SMILES string of the molecule is CNC(=O)C1Cc2ccccc2CN1S(=O)(=O)c1ccc(Cl)cc1C(F)(F)F. The van der Waals surface area contributed by atoms with E-state index >= 15 is 0 Å². The number of nitrogens with one attached hydrogen (secondary N) is 1. The molecule has 0 aliphatic carbocycles. The Morgan fingerprint density at radius 1 is 1.18 bits per heavy atom. The maximum Gasteiger partial charge on any atom is 0.417 e. The molecule has 1 heterocycles. The number of sulfonamides is 1. The molecule has 28 heavy (non-hydrogen) atoms. The second-order valence-electron chi connectivity index (χ2n) is 6.29. The predicted octanol–water partition coefficient (Wildman–Crippen LogP) is 3.22. The van der Waals surface area contributed by atoms with Crippen LogP contribution < -0.4 is 5.32 Å². The van der Waals surface area contributed by atoms with Crippen molar-refractivity contribution in [3.8, 4) is 0 Å². The first-order valence-electron chi connectivity index (χ1n) is 8.22. The molecule has 2 aromatic carbocycles. The van der Waals surface area contributed by atoms with Crippen LogP contribution in [0.25, 0.3) is 0 Å². The van der Waals surface area contributed by atoms with Crippen molar-refractivity contribution < 1.29 is 26.4 Å².